The highest BCUT2D eigenvalue weighted by Crippen LogP contribution is 2.35. The summed E-state index contributed by atoms with van der Waals surface area (Å²) in [6.45, 7) is 0.194. The fourth-order valence-corrected chi connectivity index (χ4v) is 3.98. The van der Waals surface area contributed by atoms with E-state index in [0.29, 0.717) is 40.0 Å². The zero-order valence-corrected chi connectivity index (χ0v) is 16.8. The number of hydrogen-bond acceptors (Lipinski definition) is 5. The number of halogens is 2. The number of amides is 2. The number of rotatable bonds is 7. The predicted octanol–water partition coefficient (Wildman–Crippen LogP) is 5.54. The predicted molar refractivity (Wildman–Crippen MR) is 108 cm³/mol. The Labute approximate surface area is 175 Å². The second kappa shape index (κ2) is 8.86. The number of carbonyl (C=O) groups is 3. The lowest BCUT2D eigenvalue weighted by Gasteiger charge is -2.11. The van der Waals surface area contributed by atoms with Crippen molar-refractivity contribution in [3.05, 3.63) is 51.0 Å². The molecule has 1 aliphatic rings. The van der Waals surface area contributed by atoms with E-state index in [2.05, 4.69) is 0 Å². The van der Waals surface area contributed by atoms with E-state index in [9.17, 15) is 14.4 Å². The molecule has 0 saturated carbocycles. The molecule has 0 spiro atoms. The number of thioether (sulfide) groups is 1. The van der Waals surface area contributed by atoms with Crippen LogP contribution in [0.5, 0.6) is 0 Å². The van der Waals surface area contributed by atoms with Crippen molar-refractivity contribution in [1.29, 1.82) is 0 Å². The van der Waals surface area contributed by atoms with Gasteiger partial charge in [0.15, 0.2) is 0 Å². The molecule has 146 valence electrons. The molecule has 1 aromatic carbocycles. The lowest BCUT2D eigenvalue weighted by Crippen LogP contribution is -2.29. The van der Waals surface area contributed by atoms with Gasteiger partial charge in [0.05, 0.1) is 9.93 Å². The van der Waals surface area contributed by atoms with E-state index in [4.69, 9.17) is 32.7 Å². The number of carbonyl (C=O) groups excluding carboxylic acids is 2. The van der Waals surface area contributed by atoms with Crippen molar-refractivity contribution in [2.24, 2.45) is 0 Å². The standard InChI is InChI=1S/C19H15Cl2NO5S/c20-11-4-6-13(14(21)9-11)15-7-5-12(27-15)10-16-18(25)22(19(26)28-16)8-2-1-3-17(23)24/h4-7,9-10H,1-3,8H2,(H,23,24)/b16-10-. The maximum absolute atomic E-state index is 12.4. The van der Waals surface area contributed by atoms with E-state index in [1.165, 1.54) is 6.08 Å². The number of carboxylic acids is 1. The fourth-order valence-electron chi connectivity index (χ4n) is 2.63. The van der Waals surface area contributed by atoms with Crippen LogP contribution in [0.3, 0.4) is 0 Å². The summed E-state index contributed by atoms with van der Waals surface area (Å²) in [5.41, 5.74) is 0.664. The molecule has 0 bridgehead atoms. The molecular weight excluding hydrogens is 425 g/mol. The number of imide groups is 1. The molecule has 1 fully saturated rings. The first-order valence-corrected chi connectivity index (χ1v) is 9.95. The number of hydrogen-bond donors (Lipinski definition) is 1. The Morgan fingerprint density at radius 3 is 2.68 bits per heavy atom. The largest absolute Gasteiger partial charge is 0.481 e. The average Bonchev–Trinajstić information content (AvgIpc) is 3.18. The van der Waals surface area contributed by atoms with Gasteiger partial charge < -0.3 is 9.52 Å². The van der Waals surface area contributed by atoms with Crippen molar-refractivity contribution in [2.45, 2.75) is 19.3 Å². The Balaban J connectivity index is 1.70. The van der Waals surface area contributed by atoms with Crippen molar-refractivity contribution >= 4 is 58.2 Å². The second-order valence-corrected chi connectivity index (χ2v) is 7.85. The minimum absolute atomic E-state index is 0.00842. The van der Waals surface area contributed by atoms with Crippen molar-refractivity contribution in [3.63, 3.8) is 0 Å². The normalized spacial score (nSPS) is 15.6. The topological polar surface area (TPSA) is 87.8 Å². The van der Waals surface area contributed by atoms with Crippen LogP contribution >= 0.6 is 35.0 Å². The highest BCUT2D eigenvalue weighted by molar-refractivity contribution is 8.18. The van der Waals surface area contributed by atoms with Crippen LogP contribution in [0.1, 0.15) is 25.0 Å². The van der Waals surface area contributed by atoms with Gasteiger partial charge in [-0.15, -0.1) is 0 Å². The molecular formula is C19H15Cl2NO5S. The van der Waals surface area contributed by atoms with Crippen LogP contribution < -0.4 is 0 Å². The van der Waals surface area contributed by atoms with E-state index in [1.54, 1.807) is 30.3 Å². The van der Waals surface area contributed by atoms with Crippen molar-refractivity contribution in [2.75, 3.05) is 6.54 Å². The first-order chi connectivity index (χ1) is 13.3. The number of aliphatic carboxylic acids is 1. The summed E-state index contributed by atoms with van der Waals surface area (Å²) in [5, 5.41) is 9.22. The Morgan fingerprint density at radius 1 is 1.18 bits per heavy atom. The number of carboxylic acid groups (broad SMARTS) is 1. The van der Waals surface area contributed by atoms with E-state index >= 15 is 0 Å². The van der Waals surface area contributed by atoms with Crippen LogP contribution in [0, 0.1) is 0 Å². The number of furan rings is 1. The van der Waals surface area contributed by atoms with Crippen LogP contribution in [-0.2, 0) is 9.59 Å². The molecule has 0 aliphatic carbocycles. The van der Waals surface area contributed by atoms with Crippen molar-refractivity contribution in [1.82, 2.24) is 4.90 Å². The zero-order valence-electron chi connectivity index (χ0n) is 14.5. The lowest BCUT2D eigenvalue weighted by atomic mass is 10.2. The maximum atomic E-state index is 12.4. The number of benzene rings is 1. The Bertz CT molecular complexity index is 969. The van der Waals surface area contributed by atoms with Gasteiger partial charge in [-0.3, -0.25) is 19.3 Å². The highest BCUT2D eigenvalue weighted by Gasteiger charge is 2.34. The quantitative estimate of drug-likeness (QED) is 0.449. The Kier molecular flexibility index (Phi) is 6.49. The van der Waals surface area contributed by atoms with Gasteiger partial charge in [-0.1, -0.05) is 23.2 Å². The average molecular weight is 440 g/mol. The summed E-state index contributed by atoms with van der Waals surface area (Å²) in [5.74, 6) is -0.380. The summed E-state index contributed by atoms with van der Waals surface area (Å²) in [6.07, 6.45) is 2.36. The summed E-state index contributed by atoms with van der Waals surface area (Å²) in [4.78, 5) is 36.4. The zero-order chi connectivity index (χ0) is 20.3. The third-order valence-electron chi connectivity index (χ3n) is 3.99. The SMILES string of the molecule is O=C(O)CCCCN1C(=O)S/C(=C\c2ccc(-c3ccc(Cl)cc3Cl)o2)C1=O. The van der Waals surface area contributed by atoms with Gasteiger partial charge >= 0.3 is 5.97 Å². The van der Waals surface area contributed by atoms with Crippen LogP contribution in [0.15, 0.2) is 39.7 Å². The molecule has 0 atom stereocenters. The van der Waals surface area contributed by atoms with E-state index in [-0.39, 0.29) is 23.1 Å². The summed E-state index contributed by atoms with van der Waals surface area (Å²) in [6, 6.07) is 8.44. The molecule has 3 rings (SSSR count). The summed E-state index contributed by atoms with van der Waals surface area (Å²) < 4.78 is 5.73. The monoisotopic (exact) mass is 439 g/mol. The van der Waals surface area contributed by atoms with Gasteiger partial charge in [-0.25, -0.2) is 0 Å². The number of nitrogens with zero attached hydrogens (tertiary/aromatic N) is 1. The molecule has 0 unspecified atom stereocenters. The van der Waals surface area contributed by atoms with E-state index in [0.717, 1.165) is 16.7 Å². The minimum Gasteiger partial charge on any atom is -0.481 e. The van der Waals surface area contributed by atoms with Crippen LogP contribution in [0.25, 0.3) is 17.4 Å². The first-order valence-electron chi connectivity index (χ1n) is 8.37. The Hall–Kier alpha value is -2.22. The minimum atomic E-state index is -0.900. The van der Waals surface area contributed by atoms with Crippen LogP contribution in [-0.4, -0.2) is 33.7 Å². The molecule has 0 radical (unpaired) electrons. The van der Waals surface area contributed by atoms with Crippen molar-refractivity contribution in [3.8, 4) is 11.3 Å². The summed E-state index contributed by atoms with van der Waals surface area (Å²) >= 11 is 12.9. The van der Waals surface area contributed by atoms with E-state index in [1.807, 2.05) is 0 Å². The molecule has 1 aromatic heterocycles. The lowest BCUT2D eigenvalue weighted by molar-refractivity contribution is -0.137. The highest BCUT2D eigenvalue weighted by atomic mass is 35.5. The van der Waals surface area contributed by atoms with Gasteiger partial charge in [0.25, 0.3) is 11.1 Å². The second-order valence-electron chi connectivity index (χ2n) is 6.01. The molecule has 2 amide bonds. The molecule has 2 heterocycles. The maximum Gasteiger partial charge on any atom is 0.303 e. The molecule has 6 nitrogen and oxygen atoms in total. The molecule has 2 aromatic rings. The first kappa shape index (κ1) is 20.5. The molecule has 1 N–H and O–H groups in total. The molecule has 9 heteroatoms. The molecule has 28 heavy (non-hydrogen) atoms. The van der Waals surface area contributed by atoms with Gasteiger partial charge in [0.1, 0.15) is 11.5 Å². The van der Waals surface area contributed by atoms with Crippen molar-refractivity contribution < 1.29 is 23.9 Å². The number of unbranched alkanes of at least 4 members (excludes halogenated alkanes) is 1. The van der Waals surface area contributed by atoms with Crippen LogP contribution in [0.4, 0.5) is 4.79 Å². The third kappa shape index (κ3) is 4.79. The fraction of sp³-hybridized carbons (Fsp3) is 0.211. The van der Waals surface area contributed by atoms with Gasteiger partial charge in [-0.2, -0.15) is 0 Å². The van der Waals surface area contributed by atoms with Crippen LogP contribution in [0.2, 0.25) is 10.0 Å². The van der Waals surface area contributed by atoms with Gasteiger partial charge in [0, 0.05) is 29.6 Å². The summed E-state index contributed by atoms with van der Waals surface area (Å²) in [7, 11) is 0. The molecule has 1 saturated heterocycles. The smallest absolute Gasteiger partial charge is 0.303 e. The Morgan fingerprint density at radius 2 is 1.96 bits per heavy atom. The van der Waals surface area contributed by atoms with Gasteiger partial charge in [0.2, 0.25) is 0 Å². The molecule has 1 aliphatic heterocycles. The van der Waals surface area contributed by atoms with E-state index < -0.39 is 11.9 Å². The third-order valence-corrected chi connectivity index (χ3v) is 5.45. The van der Waals surface area contributed by atoms with Gasteiger partial charge in [-0.05, 0) is 54.9 Å².